The van der Waals surface area contributed by atoms with Gasteiger partial charge in [0.2, 0.25) is 15.9 Å². The van der Waals surface area contributed by atoms with Gasteiger partial charge in [0, 0.05) is 13.0 Å². The molecule has 6 heteroatoms. The van der Waals surface area contributed by atoms with E-state index in [-0.39, 0.29) is 16.8 Å². The minimum absolute atomic E-state index is 0.0241. The lowest BCUT2D eigenvalue weighted by Crippen LogP contribution is -2.31. The maximum absolute atomic E-state index is 12.5. The number of carbonyl (C=O) groups excluding carboxylic acids is 1. The monoisotopic (exact) mass is 462 g/mol. The third-order valence-electron chi connectivity index (χ3n) is 6.13. The zero-order valence-electron chi connectivity index (χ0n) is 18.7. The van der Waals surface area contributed by atoms with E-state index in [2.05, 4.69) is 22.2 Å². The number of hydrogen-bond acceptors (Lipinski definition) is 3. The van der Waals surface area contributed by atoms with Crippen LogP contribution in [0.15, 0.2) is 83.8 Å². The van der Waals surface area contributed by atoms with Gasteiger partial charge < -0.3 is 5.32 Å². The fraction of sp³-hybridized carbons (Fsp3) is 0.296. The Morgan fingerprint density at radius 1 is 0.848 bits per heavy atom. The molecule has 1 aliphatic carbocycles. The first-order chi connectivity index (χ1) is 16.0. The number of carbonyl (C=O) groups is 1. The molecular weight excluding hydrogens is 432 g/mol. The van der Waals surface area contributed by atoms with Crippen molar-refractivity contribution < 1.29 is 13.2 Å². The van der Waals surface area contributed by atoms with Gasteiger partial charge in [-0.05, 0) is 66.5 Å². The molecule has 172 valence electrons. The first-order valence-electron chi connectivity index (χ1n) is 11.5. The summed E-state index contributed by atoms with van der Waals surface area (Å²) in [6.07, 6.45) is 4.70. The van der Waals surface area contributed by atoms with Crippen LogP contribution in [-0.4, -0.2) is 20.9 Å². The minimum Gasteiger partial charge on any atom is -0.349 e. The van der Waals surface area contributed by atoms with Crippen molar-refractivity contribution in [1.82, 2.24) is 10.0 Å². The number of hydrogen-bond donors (Lipinski definition) is 2. The molecule has 3 aromatic rings. The van der Waals surface area contributed by atoms with Crippen LogP contribution in [0, 0.1) is 0 Å². The van der Waals surface area contributed by atoms with Crippen LogP contribution in [0.5, 0.6) is 0 Å². The van der Waals surface area contributed by atoms with E-state index in [1.165, 1.54) is 11.1 Å². The fourth-order valence-electron chi connectivity index (χ4n) is 4.32. The van der Waals surface area contributed by atoms with Crippen LogP contribution < -0.4 is 10.0 Å². The molecular formula is C27H30N2O3S. The van der Waals surface area contributed by atoms with Crippen molar-refractivity contribution >= 4 is 15.9 Å². The van der Waals surface area contributed by atoms with Gasteiger partial charge in [-0.3, -0.25) is 4.79 Å². The molecule has 0 fully saturated rings. The average molecular weight is 463 g/mol. The van der Waals surface area contributed by atoms with Gasteiger partial charge in [0.05, 0.1) is 10.9 Å². The predicted octanol–water partition coefficient (Wildman–Crippen LogP) is 4.33. The average Bonchev–Trinajstić information content (AvgIpc) is 2.84. The molecule has 1 atom stereocenters. The molecule has 2 N–H and O–H groups in total. The number of rotatable bonds is 9. The Labute approximate surface area is 196 Å². The lowest BCUT2D eigenvalue weighted by Gasteiger charge is -2.26. The zero-order chi connectivity index (χ0) is 23.1. The summed E-state index contributed by atoms with van der Waals surface area (Å²) in [6, 6.07) is 25.0. The summed E-state index contributed by atoms with van der Waals surface area (Å²) in [5.41, 5.74) is 4.58. The third kappa shape index (κ3) is 6.30. The van der Waals surface area contributed by atoms with E-state index in [1.807, 2.05) is 42.5 Å². The van der Waals surface area contributed by atoms with Gasteiger partial charge in [-0.25, -0.2) is 13.1 Å². The van der Waals surface area contributed by atoms with E-state index in [1.54, 1.807) is 24.3 Å². The zero-order valence-corrected chi connectivity index (χ0v) is 19.5. The van der Waals surface area contributed by atoms with Crippen LogP contribution in [0.3, 0.4) is 0 Å². The van der Waals surface area contributed by atoms with Crippen LogP contribution in [-0.2, 0) is 34.1 Å². The van der Waals surface area contributed by atoms with E-state index in [0.29, 0.717) is 25.8 Å². The van der Waals surface area contributed by atoms with Crippen LogP contribution >= 0.6 is 0 Å². The molecule has 0 aliphatic heterocycles. The Morgan fingerprint density at radius 3 is 2.33 bits per heavy atom. The lowest BCUT2D eigenvalue weighted by atomic mass is 9.87. The standard InChI is InChI=1S/C27H30N2O3S/c30-27(29-26-12-6-10-23-9-4-5-11-25(23)26)18-15-22-13-16-24(17-14-22)33(31,32)28-20-19-21-7-2-1-3-8-21/h1-5,7-9,11,13-14,16-17,26,28H,6,10,12,15,18-20H2,(H,29,30)/t26-/m0/s1. The summed E-state index contributed by atoms with van der Waals surface area (Å²) in [6.45, 7) is 0.346. The number of nitrogens with one attached hydrogen (secondary N) is 2. The van der Waals surface area contributed by atoms with Crippen molar-refractivity contribution in [2.75, 3.05) is 6.54 Å². The number of benzene rings is 3. The molecule has 0 aromatic heterocycles. The highest BCUT2D eigenvalue weighted by Crippen LogP contribution is 2.29. The molecule has 0 unspecified atom stereocenters. The Hall–Kier alpha value is -2.96. The molecule has 0 bridgehead atoms. The second kappa shape index (κ2) is 10.8. The van der Waals surface area contributed by atoms with Gasteiger partial charge >= 0.3 is 0 Å². The number of sulfonamides is 1. The molecule has 0 spiro atoms. The Bertz CT molecular complexity index is 1180. The molecule has 0 saturated heterocycles. The molecule has 1 aliphatic rings. The van der Waals surface area contributed by atoms with E-state index >= 15 is 0 Å². The first-order valence-corrected chi connectivity index (χ1v) is 13.0. The van der Waals surface area contributed by atoms with Crippen molar-refractivity contribution in [2.45, 2.75) is 49.5 Å². The van der Waals surface area contributed by atoms with Crippen LogP contribution in [0.1, 0.15) is 47.6 Å². The van der Waals surface area contributed by atoms with Crippen molar-refractivity contribution in [3.05, 3.63) is 101 Å². The van der Waals surface area contributed by atoms with Crippen LogP contribution in [0.4, 0.5) is 0 Å². The van der Waals surface area contributed by atoms with Gasteiger partial charge in [-0.1, -0.05) is 66.7 Å². The van der Waals surface area contributed by atoms with E-state index in [0.717, 1.165) is 30.4 Å². The normalized spacial score (nSPS) is 15.6. The van der Waals surface area contributed by atoms with Crippen LogP contribution in [0.25, 0.3) is 0 Å². The van der Waals surface area contributed by atoms with E-state index in [9.17, 15) is 13.2 Å². The fourth-order valence-corrected chi connectivity index (χ4v) is 5.35. The summed E-state index contributed by atoms with van der Waals surface area (Å²) in [7, 11) is -3.56. The second-order valence-electron chi connectivity index (χ2n) is 8.49. The minimum atomic E-state index is -3.56. The Kier molecular flexibility index (Phi) is 7.57. The lowest BCUT2D eigenvalue weighted by molar-refractivity contribution is -0.121. The Balaban J connectivity index is 1.26. The smallest absolute Gasteiger partial charge is 0.240 e. The highest BCUT2D eigenvalue weighted by molar-refractivity contribution is 7.89. The van der Waals surface area contributed by atoms with Gasteiger partial charge in [-0.15, -0.1) is 0 Å². The predicted molar refractivity (Wildman–Crippen MR) is 130 cm³/mol. The van der Waals surface area contributed by atoms with Crippen molar-refractivity contribution in [2.24, 2.45) is 0 Å². The van der Waals surface area contributed by atoms with Gasteiger partial charge in [-0.2, -0.15) is 0 Å². The summed E-state index contributed by atoms with van der Waals surface area (Å²) in [5, 5.41) is 3.17. The largest absolute Gasteiger partial charge is 0.349 e. The Morgan fingerprint density at radius 2 is 1.55 bits per heavy atom. The quantitative estimate of drug-likeness (QED) is 0.497. The van der Waals surface area contributed by atoms with Crippen molar-refractivity contribution in [3.8, 4) is 0 Å². The summed E-state index contributed by atoms with van der Waals surface area (Å²) in [5.74, 6) is 0.0241. The van der Waals surface area contributed by atoms with Crippen molar-refractivity contribution in [3.63, 3.8) is 0 Å². The maximum Gasteiger partial charge on any atom is 0.240 e. The molecule has 0 radical (unpaired) electrons. The van der Waals surface area contributed by atoms with Gasteiger partial charge in [0.1, 0.15) is 0 Å². The molecule has 4 rings (SSSR count). The summed E-state index contributed by atoms with van der Waals surface area (Å²) in [4.78, 5) is 12.8. The number of fused-ring (bicyclic) bond motifs is 1. The highest BCUT2D eigenvalue weighted by Gasteiger charge is 2.21. The van der Waals surface area contributed by atoms with Crippen molar-refractivity contribution in [1.29, 1.82) is 0 Å². The topological polar surface area (TPSA) is 75.3 Å². The van der Waals surface area contributed by atoms with Gasteiger partial charge in [0.15, 0.2) is 0 Å². The molecule has 33 heavy (non-hydrogen) atoms. The molecule has 3 aromatic carbocycles. The second-order valence-corrected chi connectivity index (χ2v) is 10.3. The SMILES string of the molecule is O=C(CCc1ccc(S(=O)(=O)NCCc2ccccc2)cc1)N[C@H]1CCCc2ccccc21. The van der Waals surface area contributed by atoms with Gasteiger partial charge in [0.25, 0.3) is 0 Å². The summed E-state index contributed by atoms with van der Waals surface area (Å²) >= 11 is 0. The maximum atomic E-state index is 12.5. The number of aryl methyl sites for hydroxylation is 2. The summed E-state index contributed by atoms with van der Waals surface area (Å²) < 4.78 is 27.7. The highest BCUT2D eigenvalue weighted by atomic mass is 32.2. The van der Waals surface area contributed by atoms with Crippen LogP contribution in [0.2, 0.25) is 0 Å². The van der Waals surface area contributed by atoms with E-state index < -0.39 is 10.0 Å². The first kappa shape index (κ1) is 23.2. The molecule has 0 heterocycles. The number of amides is 1. The molecule has 0 saturated carbocycles. The van der Waals surface area contributed by atoms with E-state index in [4.69, 9.17) is 0 Å². The molecule has 5 nitrogen and oxygen atoms in total. The molecule has 1 amide bonds. The third-order valence-corrected chi connectivity index (χ3v) is 7.60.